The van der Waals surface area contributed by atoms with Gasteiger partial charge in [-0.25, -0.2) is 4.98 Å². The van der Waals surface area contributed by atoms with Crippen LogP contribution in [0.5, 0.6) is 17.2 Å². The molecule has 0 spiro atoms. The van der Waals surface area contributed by atoms with E-state index in [2.05, 4.69) is 23.2 Å². The van der Waals surface area contributed by atoms with E-state index >= 15 is 0 Å². The fourth-order valence-electron chi connectivity index (χ4n) is 2.94. The maximum absolute atomic E-state index is 9.68. The van der Waals surface area contributed by atoms with Crippen LogP contribution in [0.1, 0.15) is 16.1 Å². The Kier molecular flexibility index (Phi) is 5.00. The summed E-state index contributed by atoms with van der Waals surface area (Å²) in [5.74, 6) is 1.80. The van der Waals surface area contributed by atoms with Crippen molar-refractivity contribution in [3.63, 3.8) is 0 Å². The molecule has 3 aromatic rings. The number of nitriles is 1. The van der Waals surface area contributed by atoms with E-state index in [4.69, 9.17) is 14.2 Å². The average Bonchev–Trinajstić information content (AvgIpc) is 3.22. The van der Waals surface area contributed by atoms with E-state index in [0.717, 1.165) is 16.8 Å². The zero-order valence-corrected chi connectivity index (χ0v) is 16.4. The second kappa shape index (κ2) is 7.75. The molecule has 0 bridgehead atoms. The molecule has 0 amide bonds. The molecule has 0 aliphatic carbocycles. The molecule has 0 radical (unpaired) electrons. The van der Waals surface area contributed by atoms with Gasteiger partial charge in [-0.05, 0) is 30.7 Å². The topological polar surface area (TPSA) is 64.4 Å². The number of thiazole rings is 1. The number of hydrogen-bond acceptors (Lipinski definition) is 6. The van der Waals surface area contributed by atoms with Gasteiger partial charge in [-0.3, -0.25) is 0 Å². The lowest BCUT2D eigenvalue weighted by atomic mass is 10.1. The fourth-order valence-corrected chi connectivity index (χ4v) is 3.73. The molecule has 1 aromatic heterocycles. The Balaban J connectivity index is 1.69. The van der Waals surface area contributed by atoms with Crippen LogP contribution < -0.4 is 14.2 Å². The molecule has 0 fully saturated rings. The standard InChI is InChI=1S/C22H18N2O3S/c1-14-3-5-16(6-4-14)18-13-28-22(24-18)17(12-23)9-15-10-19(25-2)21-20(11-15)26-7-8-27-21/h3-6,9-11,13H,7-8H2,1-2H3/b17-9+. The second-order valence-corrected chi connectivity index (χ2v) is 7.18. The van der Waals surface area contributed by atoms with E-state index in [-0.39, 0.29) is 0 Å². The van der Waals surface area contributed by atoms with Gasteiger partial charge in [0.05, 0.1) is 18.4 Å². The molecule has 1 aliphatic rings. The van der Waals surface area contributed by atoms with Crippen molar-refractivity contribution in [3.8, 4) is 34.6 Å². The van der Waals surface area contributed by atoms with Gasteiger partial charge in [-0.1, -0.05) is 29.8 Å². The van der Waals surface area contributed by atoms with Gasteiger partial charge in [0.1, 0.15) is 24.3 Å². The Bertz CT molecular complexity index is 1060. The maximum atomic E-state index is 9.68. The van der Waals surface area contributed by atoms with Gasteiger partial charge in [0.15, 0.2) is 11.5 Å². The van der Waals surface area contributed by atoms with Crippen LogP contribution in [-0.4, -0.2) is 25.3 Å². The third-order valence-corrected chi connectivity index (χ3v) is 5.24. The number of allylic oxidation sites excluding steroid dienone is 1. The van der Waals surface area contributed by atoms with Crippen molar-refractivity contribution in [2.75, 3.05) is 20.3 Å². The molecule has 1 aliphatic heterocycles. The summed E-state index contributed by atoms with van der Waals surface area (Å²) in [6, 6.07) is 14.1. The van der Waals surface area contributed by atoms with Crippen molar-refractivity contribution < 1.29 is 14.2 Å². The zero-order valence-electron chi connectivity index (χ0n) is 15.6. The number of fused-ring (bicyclic) bond motifs is 1. The van der Waals surface area contributed by atoms with Gasteiger partial charge < -0.3 is 14.2 Å². The summed E-state index contributed by atoms with van der Waals surface area (Å²) < 4.78 is 16.7. The largest absolute Gasteiger partial charge is 0.493 e. The summed E-state index contributed by atoms with van der Waals surface area (Å²) in [4.78, 5) is 4.65. The lowest BCUT2D eigenvalue weighted by Crippen LogP contribution is -2.16. The number of hydrogen-bond donors (Lipinski definition) is 0. The molecule has 4 rings (SSSR count). The molecular formula is C22H18N2O3S. The van der Waals surface area contributed by atoms with E-state index in [0.29, 0.717) is 41.0 Å². The van der Waals surface area contributed by atoms with Gasteiger partial charge >= 0.3 is 0 Å². The highest BCUT2D eigenvalue weighted by atomic mass is 32.1. The highest BCUT2D eigenvalue weighted by Crippen LogP contribution is 2.41. The third kappa shape index (κ3) is 3.57. The van der Waals surface area contributed by atoms with Crippen LogP contribution in [-0.2, 0) is 0 Å². The van der Waals surface area contributed by atoms with E-state index in [1.54, 1.807) is 13.2 Å². The first-order chi connectivity index (χ1) is 13.7. The van der Waals surface area contributed by atoms with Crippen LogP contribution in [0, 0.1) is 18.3 Å². The first-order valence-corrected chi connectivity index (χ1v) is 9.68. The van der Waals surface area contributed by atoms with Crippen LogP contribution in [0.25, 0.3) is 22.9 Å². The van der Waals surface area contributed by atoms with E-state index in [1.165, 1.54) is 16.9 Å². The van der Waals surface area contributed by atoms with Crippen molar-refractivity contribution in [3.05, 3.63) is 57.9 Å². The number of benzene rings is 2. The lowest BCUT2D eigenvalue weighted by molar-refractivity contribution is 0.165. The first-order valence-electron chi connectivity index (χ1n) is 8.80. The molecule has 5 nitrogen and oxygen atoms in total. The van der Waals surface area contributed by atoms with Crippen molar-refractivity contribution >= 4 is 23.0 Å². The van der Waals surface area contributed by atoms with Gasteiger partial charge in [-0.15, -0.1) is 11.3 Å². The normalized spacial score (nSPS) is 13.1. The average molecular weight is 390 g/mol. The maximum Gasteiger partial charge on any atom is 0.203 e. The Labute approximate surface area is 167 Å². The predicted octanol–water partition coefficient (Wildman–Crippen LogP) is 4.96. The minimum absolute atomic E-state index is 0.487. The van der Waals surface area contributed by atoms with E-state index in [1.807, 2.05) is 36.6 Å². The van der Waals surface area contributed by atoms with Crippen LogP contribution >= 0.6 is 11.3 Å². The Hall–Kier alpha value is -3.30. The minimum Gasteiger partial charge on any atom is -0.493 e. The quantitative estimate of drug-likeness (QED) is 0.589. The molecular weight excluding hydrogens is 372 g/mol. The molecule has 0 N–H and O–H groups in total. The number of ether oxygens (including phenoxy) is 3. The van der Waals surface area contributed by atoms with Crippen LogP contribution in [0.15, 0.2) is 41.8 Å². The number of aromatic nitrogens is 1. The molecule has 0 saturated heterocycles. The SMILES string of the molecule is COc1cc(/C=C(\C#N)c2nc(-c3ccc(C)cc3)cs2)cc2c1OCCO2. The summed E-state index contributed by atoms with van der Waals surface area (Å²) in [5.41, 5.74) is 4.38. The van der Waals surface area contributed by atoms with Gasteiger partial charge in [0, 0.05) is 10.9 Å². The number of methoxy groups -OCH3 is 1. The number of rotatable bonds is 4. The van der Waals surface area contributed by atoms with Gasteiger partial charge in [0.2, 0.25) is 5.75 Å². The summed E-state index contributed by atoms with van der Waals surface area (Å²) in [7, 11) is 1.58. The molecule has 140 valence electrons. The first kappa shape index (κ1) is 18.1. The van der Waals surface area contributed by atoms with Crippen molar-refractivity contribution in [2.24, 2.45) is 0 Å². The lowest BCUT2D eigenvalue weighted by Gasteiger charge is -2.21. The summed E-state index contributed by atoms with van der Waals surface area (Å²) >= 11 is 1.45. The van der Waals surface area contributed by atoms with Crippen LogP contribution in [0.4, 0.5) is 0 Å². The predicted molar refractivity (Wildman–Crippen MR) is 110 cm³/mol. The molecule has 28 heavy (non-hydrogen) atoms. The number of aryl methyl sites for hydroxylation is 1. The van der Waals surface area contributed by atoms with Crippen LogP contribution in [0.2, 0.25) is 0 Å². The second-order valence-electron chi connectivity index (χ2n) is 6.32. The smallest absolute Gasteiger partial charge is 0.203 e. The van der Waals surface area contributed by atoms with Gasteiger partial charge in [-0.2, -0.15) is 5.26 Å². The zero-order chi connectivity index (χ0) is 19.5. The monoisotopic (exact) mass is 390 g/mol. The highest BCUT2D eigenvalue weighted by Gasteiger charge is 2.18. The number of nitrogens with zero attached hydrogens (tertiary/aromatic N) is 2. The van der Waals surface area contributed by atoms with Crippen molar-refractivity contribution in [1.29, 1.82) is 5.26 Å². The third-order valence-electron chi connectivity index (χ3n) is 4.36. The van der Waals surface area contributed by atoms with E-state index < -0.39 is 0 Å². The van der Waals surface area contributed by atoms with Crippen molar-refractivity contribution in [2.45, 2.75) is 6.92 Å². The Morgan fingerprint density at radius 3 is 2.75 bits per heavy atom. The summed E-state index contributed by atoms with van der Waals surface area (Å²) in [5, 5.41) is 12.3. The minimum atomic E-state index is 0.487. The highest BCUT2D eigenvalue weighted by molar-refractivity contribution is 7.11. The summed E-state index contributed by atoms with van der Waals surface area (Å²) in [6.45, 7) is 3.03. The molecule has 0 atom stereocenters. The Morgan fingerprint density at radius 2 is 2.00 bits per heavy atom. The molecule has 0 unspecified atom stereocenters. The van der Waals surface area contributed by atoms with Gasteiger partial charge in [0.25, 0.3) is 0 Å². The summed E-state index contributed by atoms with van der Waals surface area (Å²) in [6.07, 6.45) is 1.79. The molecule has 6 heteroatoms. The molecule has 2 aromatic carbocycles. The van der Waals surface area contributed by atoms with Crippen LogP contribution in [0.3, 0.4) is 0 Å². The molecule has 0 saturated carbocycles. The molecule has 2 heterocycles. The fraction of sp³-hybridized carbons (Fsp3) is 0.182. The van der Waals surface area contributed by atoms with E-state index in [9.17, 15) is 5.26 Å². The Morgan fingerprint density at radius 1 is 1.21 bits per heavy atom. The van der Waals surface area contributed by atoms with Crippen molar-refractivity contribution in [1.82, 2.24) is 4.98 Å².